The van der Waals surface area contributed by atoms with E-state index < -0.39 is 14.4 Å². The molecule has 0 radical (unpaired) electrons. The van der Waals surface area contributed by atoms with Gasteiger partial charge in [0.2, 0.25) is 0 Å². The zero-order valence-electron chi connectivity index (χ0n) is 12.0. The van der Waals surface area contributed by atoms with Crippen molar-refractivity contribution in [2.24, 2.45) is 0 Å². The molecule has 0 rings (SSSR count). The number of hydrogen-bond acceptors (Lipinski definition) is 3. The Morgan fingerprint density at radius 1 is 1.29 bits per heavy atom. The van der Waals surface area contributed by atoms with Crippen molar-refractivity contribution in [3.05, 3.63) is 24.3 Å². The Morgan fingerprint density at radius 2 is 1.82 bits per heavy atom. The topological polar surface area (TPSA) is 27.7 Å². The summed E-state index contributed by atoms with van der Waals surface area (Å²) in [6.45, 7) is 11.9. The van der Waals surface area contributed by atoms with Crippen LogP contribution in [0.4, 0.5) is 0 Å². The van der Waals surface area contributed by atoms with Crippen molar-refractivity contribution in [2.75, 3.05) is 14.2 Å². The molecule has 0 aliphatic carbocycles. The molecule has 1 atom stereocenters. The summed E-state index contributed by atoms with van der Waals surface area (Å²) in [5.41, 5.74) is 0.911. The molecule has 0 aromatic heterocycles. The van der Waals surface area contributed by atoms with Crippen molar-refractivity contribution in [1.29, 1.82) is 0 Å². The second-order valence-electron chi connectivity index (χ2n) is 4.71. The highest BCUT2D eigenvalue weighted by Gasteiger charge is 2.39. The van der Waals surface area contributed by atoms with Gasteiger partial charge in [-0.15, -0.1) is 6.58 Å². The Hall–Kier alpha value is -0.423. The molecule has 0 saturated carbocycles. The van der Waals surface area contributed by atoms with Gasteiger partial charge in [0, 0.05) is 20.8 Å². The molecule has 0 aliphatic heterocycles. The normalized spacial score (nSPS) is 15.2. The second-order valence-corrected chi connectivity index (χ2v) is 7.45. The van der Waals surface area contributed by atoms with Crippen LogP contribution in [0.25, 0.3) is 0 Å². The van der Waals surface area contributed by atoms with Crippen molar-refractivity contribution in [2.45, 2.75) is 45.8 Å². The average Bonchev–Trinajstić information content (AvgIpc) is 2.28. The zero-order valence-corrected chi connectivity index (χ0v) is 13.0. The van der Waals surface area contributed by atoms with Crippen LogP contribution >= 0.6 is 0 Å². The summed E-state index contributed by atoms with van der Waals surface area (Å²) in [5.74, 6) is 0. The van der Waals surface area contributed by atoms with Gasteiger partial charge in [0.05, 0.1) is 5.60 Å². The maximum atomic E-state index is 6.00. The molecule has 0 aromatic rings. The highest BCUT2D eigenvalue weighted by molar-refractivity contribution is 6.59. The van der Waals surface area contributed by atoms with Crippen LogP contribution in [0.5, 0.6) is 0 Å². The molecule has 0 heterocycles. The lowest BCUT2D eigenvalue weighted by atomic mass is 10.00. The molecule has 4 heteroatoms. The first-order valence-electron chi connectivity index (χ1n) is 5.88. The third kappa shape index (κ3) is 6.17. The lowest BCUT2D eigenvalue weighted by molar-refractivity contribution is 0.0236. The molecule has 0 saturated heterocycles. The van der Waals surface area contributed by atoms with Crippen LogP contribution in [-0.2, 0) is 13.3 Å². The molecule has 0 aliphatic rings. The van der Waals surface area contributed by atoms with Crippen LogP contribution in [0.2, 0.25) is 6.55 Å². The Morgan fingerprint density at radius 3 is 2.18 bits per heavy atom. The summed E-state index contributed by atoms with van der Waals surface area (Å²) in [6, 6.07) is 0. The minimum absolute atomic E-state index is 0.404. The fourth-order valence-corrected chi connectivity index (χ4v) is 2.80. The maximum Gasteiger partial charge on any atom is 0.497 e. The lowest BCUT2D eigenvalue weighted by Gasteiger charge is -2.34. The van der Waals surface area contributed by atoms with Crippen LogP contribution in [0.15, 0.2) is 24.3 Å². The monoisotopic (exact) mass is 258 g/mol. The van der Waals surface area contributed by atoms with Crippen LogP contribution in [-0.4, -0.2) is 28.6 Å². The van der Waals surface area contributed by atoms with E-state index in [1.807, 2.05) is 19.5 Å². The summed E-state index contributed by atoms with van der Waals surface area (Å²) < 4.78 is 16.7. The van der Waals surface area contributed by atoms with Gasteiger partial charge in [-0.2, -0.15) is 0 Å². The summed E-state index contributed by atoms with van der Waals surface area (Å²) in [4.78, 5) is 0. The van der Waals surface area contributed by atoms with Crippen molar-refractivity contribution < 1.29 is 13.3 Å². The Bertz CT molecular complexity index is 268. The molecule has 0 amide bonds. The smallest absolute Gasteiger partial charge is 0.377 e. The third-order valence-electron chi connectivity index (χ3n) is 2.79. The SMILES string of the molecule is C=C[C@](C)(CCC=C(C)C)O[Si](C)(OC)OC. The quantitative estimate of drug-likeness (QED) is 0.492. The fraction of sp³-hybridized carbons (Fsp3) is 0.692. The van der Waals surface area contributed by atoms with Crippen molar-refractivity contribution in [1.82, 2.24) is 0 Å². The van der Waals surface area contributed by atoms with Gasteiger partial charge in [-0.3, -0.25) is 0 Å². The lowest BCUT2D eigenvalue weighted by Crippen LogP contribution is -2.47. The molecule has 0 unspecified atom stereocenters. The van der Waals surface area contributed by atoms with Crippen LogP contribution in [0.3, 0.4) is 0 Å². The van der Waals surface area contributed by atoms with E-state index in [1.165, 1.54) is 5.57 Å². The summed E-state index contributed by atoms with van der Waals surface area (Å²) in [5, 5.41) is 0. The molecule has 17 heavy (non-hydrogen) atoms. The van der Waals surface area contributed by atoms with E-state index >= 15 is 0 Å². The molecule has 0 bridgehead atoms. The number of allylic oxidation sites excluding steroid dienone is 2. The van der Waals surface area contributed by atoms with E-state index in [0.29, 0.717) is 0 Å². The van der Waals surface area contributed by atoms with Gasteiger partial charge in [-0.05, 0) is 33.6 Å². The van der Waals surface area contributed by atoms with E-state index in [1.54, 1.807) is 14.2 Å². The summed E-state index contributed by atoms with van der Waals surface area (Å²) in [7, 11) is 0.718. The number of rotatable bonds is 8. The minimum Gasteiger partial charge on any atom is -0.377 e. The van der Waals surface area contributed by atoms with Gasteiger partial charge in [-0.1, -0.05) is 17.7 Å². The summed E-state index contributed by atoms with van der Waals surface area (Å²) >= 11 is 0. The predicted octanol–water partition coefficient (Wildman–Crippen LogP) is 3.56. The first-order chi connectivity index (χ1) is 7.81. The molecule has 0 N–H and O–H groups in total. The van der Waals surface area contributed by atoms with Gasteiger partial charge in [0.1, 0.15) is 0 Å². The highest BCUT2D eigenvalue weighted by atomic mass is 28.4. The molecule has 100 valence electrons. The van der Waals surface area contributed by atoms with E-state index in [-0.39, 0.29) is 0 Å². The van der Waals surface area contributed by atoms with E-state index in [4.69, 9.17) is 13.3 Å². The van der Waals surface area contributed by atoms with E-state index in [2.05, 4.69) is 26.5 Å². The molecule has 0 fully saturated rings. The predicted molar refractivity (Wildman–Crippen MR) is 74.0 cm³/mol. The van der Waals surface area contributed by atoms with Crippen LogP contribution in [0.1, 0.15) is 33.6 Å². The molecular formula is C13H26O3Si. The van der Waals surface area contributed by atoms with E-state index in [0.717, 1.165) is 12.8 Å². The molecule has 0 aromatic carbocycles. The molecular weight excluding hydrogens is 232 g/mol. The zero-order chi connectivity index (χ0) is 13.5. The average molecular weight is 258 g/mol. The summed E-state index contributed by atoms with van der Waals surface area (Å²) in [6.07, 6.45) is 5.86. The Balaban J connectivity index is 4.56. The van der Waals surface area contributed by atoms with Crippen molar-refractivity contribution in [3.8, 4) is 0 Å². The largest absolute Gasteiger partial charge is 0.497 e. The van der Waals surface area contributed by atoms with Gasteiger partial charge in [0.15, 0.2) is 0 Å². The van der Waals surface area contributed by atoms with Crippen LogP contribution in [0, 0.1) is 0 Å². The maximum absolute atomic E-state index is 6.00. The van der Waals surface area contributed by atoms with Gasteiger partial charge in [-0.25, -0.2) is 0 Å². The van der Waals surface area contributed by atoms with Crippen LogP contribution < -0.4 is 0 Å². The Kier molecular flexibility index (Phi) is 6.93. The Labute approximate surface area is 107 Å². The van der Waals surface area contributed by atoms with E-state index in [9.17, 15) is 0 Å². The number of hydrogen-bond donors (Lipinski definition) is 0. The van der Waals surface area contributed by atoms with Crippen molar-refractivity contribution in [3.63, 3.8) is 0 Å². The minimum atomic E-state index is -2.52. The highest BCUT2D eigenvalue weighted by Crippen LogP contribution is 2.25. The van der Waals surface area contributed by atoms with Crippen molar-refractivity contribution >= 4 is 8.80 Å². The fourth-order valence-electron chi connectivity index (χ4n) is 1.43. The van der Waals surface area contributed by atoms with Gasteiger partial charge >= 0.3 is 8.80 Å². The van der Waals surface area contributed by atoms with Gasteiger partial charge < -0.3 is 13.3 Å². The first-order valence-corrected chi connectivity index (χ1v) is 8.11. The standard InChI is InChI=1S/C13H26O3Si/c1-8-13(4,11-9-10-12(2)3)16-17(7,14-5)15-6/h8,10H,1,9,11H2,2-7H3/t13-/m1/s1. The second kappa shape index (κ2) is 7.11. The molecule has 0 spiro atoms. The first kappa shape index (κ1) is 16.6. The molecule has 3 nitrogen and oxygen atoms in total. The third-order valence-corrected chi connectivity index (χ3v) is 5.11. The van der Waals surface area contributed by atoms with Gasteiger partial charge in [0.25, 0.3) is 0 Å².